The number of carbonyl (C=O) groups is 1. The van der Waals surface area contributed by atoms with Gasteiger partial charge in [-0.15, -0.1) is 0 Å². The number of hydrogen-bond donors (Lipinski definition) is 2. The van der Waals surface area contributed by atoms with Crippen molar-refractivity contribution in [3.63, 3.8) is 0 Å². The average Bonchev–Trinajstić information content (AvgIpc) is 2.48. The van der Waals surface area contributed by atoms with E-state index in [0.29, 0.717) is 0 Å². The third-order valence-electron chi connectivity index (χ3n) is 3.78. The van der Waals surface area contributed by atoms with Gasteiger partial charge in [0, 0.05) is 11.6 Å². The maximum absolute atomic E-state index is 14.4. The Hall–Kier alpha value is -1.53. The van der Waals surface area contributed by atoms with Gasteiger partial charge in [-0.1, -0.05) is 30.3 Å². The van der Waals surface area contributed by atoms with E-state index >= 15 is 0 Å². The van der Waals surface area contributed by atoms with Gasteiger partial charge in [-0.25, -0.2) is 0 Å². The van der Waals surface area contributed by atoms with Crippen molar-refractivity contribution in [3.05, 3.63) is 35.9 Å². The van der Waals surface area contributed by atoms with Gasteiger partial charge in [0.1, 0.15) is 0 Å². The van der Waals surface area contributed by atoms with Crippen LogP contribution in [0.3, 0.4) is 0 Å². The fourth-order valence-electron chi connectivity index (χ4n) is 2.71. The van der Waals surface area contributed by atoms with Crippen LogP contribution in [-0.4, -0.2) is 43.0 Å². The normalized spacial score (nSPS) is 17.1. The van der Waals surface area contributed by atoms with Crippen LogP contribution in [0.4, 0.5) is 8.78 Å². The molecule has 4 nitrogen and oxygen atoms in total. The molecule has 1 heterocycles. The Labute approximate surface area is 123 Å². The third-order valence-corrected chi connectivity index (χ3v) is 3.78. The number of alkyl halides is 2. The lowest BCUT2D eigenvalue weighted by Crippen LogP contribution is -2.50. The molecule has 1 aromatic carbocycles. The van der Waals surface area contributed by atoms with Crippen LogP contribution >= 0.6 is 0 Å². The number of nitrogens with two attached hydrogens (primary N) is 1. The van der Waals surface area contributed by atoms with Crippen LogP contribution in [-0.2, 0) is 10.7 Å². The van der Waals surface area contributed by atoms with Crippen molar-refractivity contribution in [2.75, 3.05) is 26.2 Å². The Morgan fingerprint density at radius 2 is 1.90 bits per heavy atom. The fraction of sp³-hybridized carbons (Fsp3) is 0.533. The lowest BCUT2D eigenvalue weighted by Gasteiger charge is -2.36. The number of hydrogen-bond acceptors (Lipinski definition) is 3. The van der Waals surface area contributed by atoms with Crippen LogP contribution in [0.2, 0.25) is 0 Å². The lowest BCUT2D eigenvalue weighted by molar-refractivity contribution is -0.122. The van der Waals surface area contributed by atoms with Crippen molar-refractivity contribution >= 4 is 5.91 Å². The van der Waals surface area contributed by atoms with E-state index in [0.717, 1.165) is 25.9 Å². The lowest BCUT2D eigenvalue weighted by atomic mass is 10.0. The zero-order chi connectivity index (χ0) is 15.3. The smallest absolute Gasteiger partial charge is 0.285 e. The molecule has 1 aliphatic heterocycles. The summed E-state index contributed by atoms with van der Waals surface area (Å²) in [4.78, 5) is 12.7. The summed E-state index contributed by atoms with van der Waals surface area (Å²) in [7, 11) is 0. The van der Waals surface area contributed by atoms with E-state index in [4.69, 9.17) is 5.73 Å². The first-order chi connectivity index (χ1) is 9.99. The largest absolute Gasteiger partial charge is 0.369 e. The number of rotatable bonds is 6. The van der Waals surface area contributed by atoms with Crippen LogP contribution < -0.4 is 11.1 Å². The van der Waals surface area contributed by atoms with E-state index in [2.05, 4.69) is 5.32 Å². The molecule has 0 aliphatic carbocycles. The molecule has 1 aromatic rings. The highest BCUT2D eigenvalue weighted by molar-refractivity contribution is 5.76. The van der Waals surface area contributed by atoms with Crippen molar-refractivity contribution in [3.8, 4) is 0 Å². The highest BCUT2D eigenvalue weighted by Gasteiger charge is 2.36. The minimum absolute atomic E-state index is 0.0339. The first kappa shape index (κ1) is 15.9. The summed E-state index contributed by atoms with van der Waals surface area (Å²) < 4.78 is 28.8. The zero-order valence-electron chi connectivity index (χ0n) is 11.9. The molecule has 116 valence electrons. The second kappa shape index (κ2) is 6.95. The number of nitrogens with one attached hydrogen (secondary N) is 1. The Morgan fingerprint density at radius 1 is 1.29 bits per heavy atom. The topological polar surface area (TPSA) is 58.4 Å². The second-order valence-corrected chi connectivity index (χ2v) is 5.42. The highest BCUT2D eigenvalue weighted by atomic mass is 19.3. The number of carbonyl (C=O) groups excluding carboxylic acids is 1. The SMILES string of the molecule is NC(=O)CN(CC(F)(F)c1ccccc1)C1CCNCC1. The van der Waals surface area contributed by atoms with Gasteiger partial charge in [-0.05, 0) is 25.9 Å². The number of primary amides is 1. The van der Waals surface area contributed by atoms with Crippen LogP contribution in [0, 0.1) is 0 Å². The monoisotopic (exact) mass is 297 g/mol. The highest BCUT2D eigenvalue weighted by Crippen LogP contribution is 2.30. The molecule has 1 amide bonds. The summed E-state index contributed by atoms with van der Waals surface area (Å²) in [6, 6.07) is 7.66. The van der Waals surface area contributed by atoms with Crippen LogP contribution in [0.15, 0.2) is 30.3 Å². The van der Waals surface area contributed by atoms with Gasteiger partial charge < -0.3 is 11.1 Å². The fourth-order valence-corrected chi connectivity index (χ4v) is 2.71. The molecule has 0 radical (unpaired) electrons. The molecule has 2 rings (SSSR count). The minimum Gasteiger partial charge on any atom is -0.369 e. The van der Waals surface area contributed by atoms with Gasteiger partial charge in [0.05, 0.1) is 13.1 Å². The number of benzene rings is 1. The van der Waals surface area contributed by atoms with Gasteiger partial charge >= 0.3 is 0 Å². The molecule has 1 aliphatic rings. The van der Waals surface area contributed by atoms with Gasteiger partial charge in [0.2, 0.25) is 5.91 Å². The van der Waals surface area contributed by atoms with Gasteiger partial charge in [0.15, 0.2) is 0 Å². The number of nitrogens with zero attached hydrogens (tertiary/aromatic N) is 1. The first-order valence-electron chi connectivity index (χ1n) is 7.15. The molecule has 0 unspecified atom stereocenters. The van der Waals surface area contributed by atoms with Crippen molar-refractivity contribution in [1.82, 2.24) is 10.2 Å². The summed E-state index contributed by atoms with van der Waals surface area (Å²) in [5.41, 5.74) is 5.18. The molecule has 0 aromatic heterocycles. The Morgan fingerprint density at radius 3 is 2.48 bits per heavy atom. The first-order valence-corrected chi connectivity index (χ1v) is 7.15. The molecular formula is C15H21F2N3O. The van der Waals surface area contributed by atoms with Crippen molar-refractivity contribution in [2.45, 2.75) is 24.8 Å². The van der Waals surface area contributed by atoms with E-state index < -0.39 is 18.4 Å². The average molecular weight is 297 g/mol. The maximum atomic E-state index is 14.4. The second-order valence-electron chi connectivity index (χ2n) is 5.42. The predicted octanol–water partition coefficient (Wildman–Crippen LogP) is 1.32. The van der Waals surface area contributed by atoms with Crippen molar-refractivity contribution < 1.29 is 13.6 Å². The van der Waals surface area contributed by atoms with Gasteiger partial charge in [-0.2, -0.15) is 8.78 Å². The van der Waals surface area contributed by atoms with Crippen LogP contribution in [0.25, 0.3) is 0 Å². The minimum atomic E-state index is -3.00. The molecule has 1 fully saturated rings. The molecule has 6 heteroatoms. The Balaban J connectivity index is 2.11. The quantitative estimate of drug-likeness (QED) is 0.832. The van der Waals surface area contributed by atoms with Crippen molar-refractivity contribution in [2.24, 2.45) is 5.73 Å². The summed E-state index contributed by atoms with van der Waals surface area (Å²) in [5.74, 6) is -3.57. The van der Waals surface area contributed by atoms with Crippen LogP contribution in [0.1, 0.15) is 18.4 Å². The van der Waals surface area contributed by atoms with Crippen molar-refractivity contribution in [1.29, 1.82) is 0 Å². The summed E-state index contributed by atoms with van der Waals surface area (Å²) in [6.45, 7) is 0.936. The van der Waals surface area contributed by atoms with Crippen LogP contribution in [0.5, 0.6) is 0 Å². The predicted molar refractivity (Wildman–Crippen MR) is 77.0 cm³/mol. The number of piperidine rings is 1. The molecule has 1 saturated heterocycles. The van der Waals surface area contributed by atoms with E-state index in [1.165, 1.54) is 17.0 Å². The summed E-state index contributed by atoms with van der Waals surface area (Å²) >= 11 is 0. The maximum Gasteiger partial charge on any atom is 0.285 e. The van der Waals surface area contributed by atoms with E-state index in [9.17, 15) is 13.6 Å². The molecule has 0 bridgehead atoms. The Kier molecular flexibility index (Phi) is 5.25. The number of amides is 1. The van der Waals surface area contributed by atoms with E-state index in [1.807, 2.05) is 0 Å². The van der Waals surface area contributed by atoms with E-state index in [-0.39, 0.29) is 18.2 Å². The summed E-state index contributed by atoms with van der Waals surface area (Å²) in [5, 5.41) is 3.19. The third kappa shape index (κ3) is 4.47. The molecule has 0 atom stereocenters. The molecule has 0 spiro atoms. The molecule has 21 heavy (non-hydrogen) atoms. The van der Waals surface area contributed by atoms with Gasteiger partial charge in [-0.3, -0.25) is 9.69 Å². The van der Waals surface area contributed by atoms with Gasteiger partial charge in [0.25, 0.3) is 5.92 Å². The molecule has 0 saturated carbocycles. The Bertz CT molecular complexity index is 461. The molecular weight excluding hydrogens is 276 g/mol. The zero-order valence-corrected chi connectivity index (χ0v) is 11.9. The standard InChI is InChI=1S/C15H21F2N3O/c16-15(17,12-4-2-1-3-5-12)11-20(10-14(18)21)13-6-8-19-9-7-13/h1-5,13,19H,6-11H2,(H2,18,21). The van der Waals surface area contributed by atoms with E-state index in [1.54, 1.807) is 18.2 Å². The summed E-state index contributed by atoms with van der Waals surface area (Å²) in [6.07, 6.45) is 1.50. The molecule has 3 N–H and O–H groups in total. The number of halogens is 2.